The van der Waals surface area contributed by atoms with Gasteiger partial charge < -0.3 is 15.4 Å². The minimum atomic E-state index is -0.426. The number of nitrogens with one attached hydrogen (secondary N) is 2. The van der Waals surface area contributed by atoms with E-state index < -0.39 is 5.82 Å². The van der Waals surface area contributed by atoms with Crippen molar-refractivity contribution >= 4 is 17.5 Å². The van der Waals surface area contributed by atoms with E-state index in [0.717, 1.165) is 5.56 Å². The molecule has 0 atom stereocenters. The Morgan fingerprint density at radius 2 is 1.85 bits per heavy atom. The van der Waals surface area contributed by atoms with Crippen LogP contribution in [-0.2, 0) is 6.54 Å². The average Bonchev–Trinajstić information content (AvgIpc) is 2.67. The van der Waals surface area contributed by atoms with E-state index in [0.29, 0.717) is 18.0 Å². The van der Waals surface area contributed by atoms with Crippen LogP contribution in [0, 0.1) is 12.7 Å². The molecule has 0 bridgehead atoms. The Balaban J connectivity index is 1.75. The van der Waals surface area contributed by atoms with Crippen molar-refractivity contribution in [3.8, 4) is 5.75 Å². The van der Waals surface area contributed by atoms with E-state index in [4.69, 9.17) is 4.74 Å². The molecular weight excluding hydrogens is 347 g/mol. The molecule has 0 radical (unpaired) electrons. The standard InChI is InChI=1S/C20H19FN4O2/c1-13-11-17(19(26)22-12-14-7-3-6-10-18(14)27-2)25-20(23-13)24-16-9-5-4-8-15(16)21/h3-11H,12H2,1-2H3,(H,22,26)(H,23,24,25). The van der Waals surface area contributed by atoms with E-state index in [1.807, 2.05) is 24.3 Å². The van der Waals surface area contributed by atoms with Crippen LogP contribution in [0.4, 0.5) is 16.0 Å². The van der Waals surface area contributed by atoms with Crippen molar-refractivity contribution in [2.75, 3.05) is 12.4 Å². The van der Waals surface area contributed by atoms with Gasteiger partial charge in [-0.15, -0.1) is 0 Å². The zero-order valence-corrected chi connectivity index (χ0v) is 15.0. The molecule has 7 heteroatoms. The number of hydrogen-bond acceptors (Lipinski definition) is 5. The summed E-state index contributed by atoms with van der Waals surface area (Å²) in [7, 11) is 1.58. The van der Waals surface area contributed by atoms with Crippen LogP contribution in [0.25, 0.3) is 0 Å². The maximum Gasteiger partial charge on any atom is 0.270 e. The molecule has 3 rings (SSSR count). The summed E-state index contributed by atoms with van der Waals surface area (Å²) in [5.74, 6) is 0.0638. The number of benzene rings is 2. The molecule has 0 spiro atoms. The highest BCUT2D eigenvalue weighted by atomic mass is 19.1. The van der Waals surface area contributed by atoms with Gasteiger partial charge in [0, 0.05) is 17.8 Å². The normalized spacial score (nSPS) is 10.3. The fraction of sp³-hybridized carbons (Fsp3) is 0.150. The molecule has 3 aromatic rings. The second-order valence-corrected chi connectivity index (χ2v) is 5.82. The molecule has 0 aliphatic carbocycles. The third-order valence-corrected chi connectivity index (χ3v) is 3.84. The van der Waals surface area contributed by atoms with Crippen LogP contribution in [0.15, 0.2) is 54.6 Å². The summed E-state index contributed by atoms with van der Waals surface area (Å²) in [5.41, 5.74) is 1.87. The first-order valence-corrected chi connectivity index (χ1v) is 8.34. The number of halogens is 1. The van der Waals surface area contributed by atoms with Crippen molar-refractivity contribution in [3.63, 3.8) is 0 Å². The molecule has 1 aromatic heterocycles. The monoisotopic (exact) mass is 366 g/mol. The number of hydrogen-bond donors (Lipinski definition) is 2. The van der Waals surface area contributed by atoms with Gasteiger partial charge in [0.25, 0.3) is 5.91 Å². The van der Waals surface area contributed by atoms with Gasteiger partial charge in [-0.05, 0) is 31.2 Å². The summed E-state index contributed by atoms with van der Waals surface area (Å²) in [6.07, 6.45) is 0. The molecule has 0 unspecified atom stereocenters. The first-order valence-electron chi connectivity index (χ1n) is 8.34. The van der Waals surface area contributed by atoms with Crippen LogP contribution in [0.5, 0.6) is 5.75 Å². The number of ether oxygens (including phenoxy) is 1. The highest BCUT2D eigenvalue weighted by Crippen LogP contribution is 2.18. The largest absolute Gasteiger partial charge is 0.496 e. The second kappa shape index (κ2) is 8.27. The molecule has 6 nitrogen and oxygen atoms in total. The summed E-state index contributed by atoms with van der Waals surface area (Å²) in [5, 5.41) is 5.61. The first kappa shape index (κ1) is 18.3. The maximum absolute atomic E-state index is 13.8. The van der Waals surface area contributed by atoms with E-state index in [2.05, 4.69) is 20.6 Å². The molecule has 0 aliphatic heterocycles. The van der Waals surface area contributed by atoms with Crippen LogP contribution < -0.4 is 15.4 Å². The van der Waals surface area contributed by atoms with E-state index in [1.165, 1.54) is 6.07 Å². The molecule has 0 saturated heterocycles. The predicted molar refractivity (Wildman–Crippen MR) is 101 cm³/mol. The average molecular weight is 366 g/mol. The summed E-state index contributed by atoms with van der Waals surface area (Å²) in [6.45, 7) is 2.03. The lowest BCUT2D eigenvalue weighted by Gasteiger charge is -2.11. The van der Waals surface area contributed by atoms with Gasteiger partial charge in [0.15, 0.2) is 0 Å². The van der Waals surface area contributed by atoms with Gasteiger partial charge in [-0.2, -0.15) is 0 Å². The number of amides is 1. The van der Waals surface area contributed by atoms with Gasteiger partial charge in [-0.25, -0.2) is 14.4 Å². The molecular formula is C20H19FN4O2. The van der Waals surface area contributed by atoms with Crippen LogP contribution in [0.3, 0.4) is 0 Å². The molecule has 27 heavy (non-hydrogen) atoms. The molecule has 2 N–H and O–H groups in total. The molecule has 1 amide bonds. The Kier molecular flexibility index (Phi) is 5.61. The first-order chi connectivity index (χ1) is 13.1. The van der Waals surface area contributed by atoms with Gasteiger partial charge >= 0.3 is 0 Å². The smallest absolute Gasteiger partial charge is 0.270 e. The topological polar surface area (TPSA) is 76.1 Å². The van der Waals surface area contributed by atoms with E-state index in [1.54, 1.807) is 38.3 Å². The Labute approximate surface area is 156 Å². The zero-order chi connectivity index (χ0) is 19.2. The maximum atomic E-state index is 13.8. The van der Waals surface area contributed by atoms with Crippen molar-refractivity contribution in [1.82, 2.24) is 15.3 Å². The SMILES string of the molecule is COc1ccccc1CNC(=O)c1cc(C)nc(Nc2ccccc2F)n1. The molecule has 138 valence electrons. The summed E-state index contributed by atoms with van der Waals surface area (Å²) >= 11 is 0. The van der Waals surface area contributed by atoms with Crippen LogP contribution in [0.1, 0.15) is 21.7 Å². The lowest BCUT2D eigenvalue weighted by atomic mass is 10.2. The third kappa shape index (κ3) is 4.58. The summed E-state index contributed by atoms with van der Waals surface area (Å²) < 4.78 is 19.1. The third-order valence-electron chi connectivity index (χ3n) is 3.84. The Bertz CT molecular complexity index is 962. The predicted octanol–water partition coefficient (Wildman–Crippen LogP) is 3.61. The van der Waals surface area contributed by atoms with Gasteiger partial charge in [-0.3, -0.25) is 4.79 Å². The fourth-order valence-electron chi connectivity index (χ4n) is 2.54. The number of para-hydroxylation sites is 2. The number of aromatic nitrogens is 2. The molecule has 0 fully saturated rings. The highest BCUT2D eigenvalue weighted by Gasteiger charge is 2.12. The lowest BCUT2D eigenvalue weighted by molar-refractivity contribution is 0.0945. The molecule has 0 aliphatic rings. The fourth-order valence-corrected chi connectivity index (χ4v) is 2.54. The van der Waals surface area contributed by atoms with Crippen molar-refractivity contribution in [3.05, 3.63) is 77.4 Å². The van der Waals surface area contributed by atoms with Crippen LogP contribution in [0.2, 0.25) is 0 Å². The van der Waals surface area contributed by atoms with Gasteiger partial charge in [0.2, 0.25) is 5.95 Å². The number of methoxy groups -OCH3 is 1. The number of nitrogens with zero attached hydrogens (tertiary/aromatic N) is 2. The molecule has 0 saturated carbocycles. The van der Waals surface area contributed by atoms with E-state index in [-0.39, 0.29) is 23.2 Å². The molecule has 1 heterocycles. The van der Waals surface area contributed by atoms with Gasteiger partial charge in [0.05, 0.1) is 12.8 Å². The zero-order valence-electron chi connectivity index (χ0n) is 15.0. The second-order valence-electron chi connectivity index (χ2n) is 5.82. The summed E-state index contributed by atoms with van der Waals surface area (Å²) in [6, 6.07) is 15.2. The van der Waals surface area contributed by atoms with E-state index in [9.17, 15) is 9.18 Å². The Hall–Kier alpha value is -3.48. The number of rotatable bonds is 6. The molecule has 2 aromatic carbocycles. The van der Waals surface area contributed by atoms with Crippen molar-refractivity contribution in [2.45, 2.75) is 13.5 Å². The van der Waals surface area contributed by atoms with Gasteiger partial charge in [-0.1, -0.05) is 30.3 Å². The van der Waals surface area contributed by atoms with Crippen molar-refractivity contribution in [1.29, 1.82) is 0 Å². The van der Waals surface area contributed by atoms with Crippen molar-refractivity contribution in [2.24, 2.45) is 0 Å². The van der Waals surface area contributed by atoms with Crippen LogP contribution in [-0.4, -0.2) is 23.0 Å². The minimum absolute atomic E-state index is 0.155. The lowest BCUT2D eigenvalue weighted by Crippen LogP contribution is -2.24. The minimum Gasteiger partial charge on any atom is -0.496 e. The highest BCUT2D eigenvalue weighted by molar-refractivity contribution is 5.92. The number of aryl methyl sites for hydroxylation is 1. The number of carbonyl (C=O) groups excluding carboxylic acids is 1. The quantitative estimate of drug-likeness (QED) is 0.697. The number of carbonyl (C=O) groups is 1. The number of anilines is 2. The van der Waals surface area contributed by atoms with Gasteiger partial charge in [0.1, 0.15) is 17.3 Å². The van der Waals surface area contributed by atoms with Crippen LogP contribution >= 0.6 is 0 Å². The van der Waals surface area contributed by atoms with E-state index >= 15 is 0 Å². The Morgan fingerprint density at radius 1 is 1.11 bits per heavy atom. The Morgan fingerprint density at radius 3 is 2.63 bits per heavy atom. The summed E-state index contributed by atoms with van der Waals surface area (Å²) in [4.78, 5) is 20.9. The van der Waals surface area contributed by atoms with Crippen molar-refractivity contribution < 1.29 is 13.9 Å².